The van der Waals surface area contributed by atoms with Crippen molar-refractivity contribution in [3.8, 4) is 11.3 Å². The summed E-state index contributed by atoms with van der Waals surface area (Å²) in [5.74, 6) is -0.615. The maximum absolute atomic E-state index is 13.5. The van der Waals surface area contributed by atoms with Crippen LogP contribution in [-0.2, 0) is 27.5 Å². The fourth-order valence-corrected chi connectivity index (χ4v) is 5.54. The highest BCUT2D eigenvalue weighted by atomic mass is 32.2. The molecule has 0 fully saturated rings. The van der Waals surface area contributed by atoms with Crippen molar-refractivity contribution in [2.45, 2.75) is 76.8 Å². The molecule has 43 heavy (non-hydrogen) atoms. The van der Waals surface area contributed by atoms with Crippen molar-refractivity contribution in [1.29, 1.82) is 0 Å². The average molecular weight is 624 g/mol. The van der Waals surface area contributed by atoms with Crippen LogP contribution in [0.15, 0.2) is 66.0 Å². The molecule has 0 bridgehead atoms. The van der Waals surface area contributed by atoms with Gasteiger partial charge in [-0.25, -0.2) is 22.9 Å². The smallest absolute Gasteiger partial charge is 0.416 e. The largest absolute Gasteiger partial charge is 0.465 e. The van der Waals surface area contributed by atoms with Gasteiger partial charge in [0.15, 0.2) is 10.8 Å². The van der Waals surface area contributed by atoms with Crippen LogP contribution in [0.4, 0.5) is 18.0 Å². The lowest BCUT2D eigenvalue weighted by Gasteiger charge is -2.42. The molecule has 0 aliphatic carbocycles. The first-order chi connectivity index (χ1) is 20.0. The molecule has 0 aliphatic rings. The van der Waals surface area contributed by atoms with E-state index >= 15 is 0 Å². The number of hydrogen-bond acceptors (Lipinski definition) is 6. The van der Waals surface area contributed by atoms with E-state index < -0.39 is 57.7 Å². The summed E-state index contributed by atoms with van der Waals surface area (Å²) in [5.41, 5.74) is -0.640. The van der Waals surface area contributed by atoms with Crippen LogP contribution in [-0.4, -0.2) is 63.7 Å². The van der Waals surface area contributed by atoms with E-state index in [-0.39, 0.29) is 18.0 Å². The third kappa shape index (κ3) is 8.86. The first-order valence-corrected chi connectivity index (χ1v) is 15.2. The molecule has 14 heteroatoms. The quantitative estimate of drug-likeness (QED) is 0.258. The number of aromatic nitrogens is 3. The van der Waals surface area contributed by atoms with Crippen LogP contribution in [0.5, 0.6) is 0 Å². The van der Waals surface area contributed by atoms with Crippen molar-refractivity contribution < 1.29 is 36.3 Å². The maximum Gasteiger partial charge on any atom is 0.416 e. The topological polar surface area (TPSA) is 134 Å². The first kappa shape index (κ1) is 33.7. The zero-order chi connectivity index (χ0) is 32.0. The van der Waals surface area contributed by atoms with Crippen molar-refractivity contribution >= 4 is 21.9 Å². The van der Waals surface area contributed by atoms with Crippen molar-refractivity contribution in [3.63, 3.8) is 0 Å². The Hall–Kier alpha value is -3.78. The Kier molecular flexibility index (Phi) is 10.7. The SMILES string of the molecule is CCCC[C@@H](C(=O)CNS(=O)(=O)c1ccccn1)N(C(=O)O)C(Cn1ccc(-c2ccc(C(F)(F)F)cc2)n1)C(C)(C)C. The Bertz CT molecular complexity index is 1490. The van der Waals surface area contributed by atoms with Gasteiger partial charge < -0.3 is 5.11 Å². The van der Waals surface area contributed by atoms with Crippen LogP contribution in [0, 0.1) is 5.41 Å². The Labute approximate surface area is 249 Å². The molecule has 1 amide bonds. The van der Waals surface area contributed by atoms with Crippen LogP contribution in [0.2, 0.25) is 0 Å². The number of alkyl halides is 3. The van der Waals surface area contributed by atoms with E-state index in [2.05, 4.69) is 14.8 Å². The van der Waals surface area contributed by atoms with Crippen LogP contribution in [0.3, 0.4) is 0 Å². The molecule has 0 radical (unpaired) electrons. The number of carboxylic acid groups (broad SMARTS) is 1. The predicted octanol–water partition coefficient (Wildman–Crippen LogP) is 5.47. The van der Waals surface area contributed by atoms with E-state index in [1.54, 1.807) is 18.3 Å². The zero-order valence-electron chi connectivity index (χ0n) is 24.4. The molecule has 2 atom stereocenters. The number of nitrogens with zero attached hydrogens (tertiary/aromatic N) is 4. The maximum atomic E-state index is 13.5. The van der Waals surface area contributed by atoms with E-state index in [1.807, 2.05) is 27.7 Å². The molecule has 2 heterocycles. The highest BCUT2D eigenvalue weighted by Crippen LogP contribution is 2.32. The molecule has 0 saturated heterocycles. The molecule has 3 aromatic rings. The number of halogens is 3. The van der Waals surface area contributed by atoms with E-state index in [9.17, 15) is 36.3 Å². The Morgan fingerprint density at radius 1 is 1.07 bits per heavy atom. The summed E-state index contributed by atoms with van der Waals surface area (Å²) >= 11 is 0. The number of benzene rings is 1. The second-order valence-corrected chi connectivity index (χ2v) is 12.9. The molecule has 3 rings (SSSR count). The summed E-state index contributed by atoms with van der Waals surface area (Å²) in [6.45, 7) is 6.75. The predicted molar refractivity (Wildman–Crippen MR) is 154 cm³/mol. The van der Waals surface area contributed by atoms with Gasteiger partial charge >= 0.3 is 12.3 Å². The summed E-state index contributed by atoms with van der Waals surface area (Å²) in [5, 5.41) is 14.6. The van der Waals surface area contributed by atoms with Gasteiger partial charge in [-0.3, -0.25) is 14.4 Å². The van der Waals surface area contributed by atoms with Crippen molar-refractivity contribution in [1.82, 2.24) is 24.4 Å². The molecule has 234 valence electrons. The highest BCUT2D eigenvalue weighted by Gasteiger charge is 2.41. The van der Waals surface area contributed by atoms with Gasteiger partial charge in [-0.05, 0) is 42.2 Å². The van der Waals surface area contributed by atoms with E-state index in [4.69, 9.17) is 0 Å². The number of hydrogen-bond donors (Lipinski definition) is 2. The number of carbonyl (C=O) groups is 2. The number of unbranched alkanes of at least 4 members (excludes halogenated alkanes) is 1. The van der Waals surface area contributed by atoms with Crippen LogP contribution < -0.4 is 4.72 Å². The van der Waals surface area contributed by atoms with E-state index in [1.165, 1.54) is 35.1 Å². The number of amides is 1. The second-order valence-electron chi connectivity index (χ2n) is 11.2. The van der Waals surface area contributed by atoms with Gasteiger partial charge in [-0.2, -0.15) is 18.3 Å². The monoisotopic (exact) mass is 623 g/mol. The normalized spacial score (nSPS) is 13.8. The third-order valence-electron chi connectivity index (χ3n) is 6.95. The van der Waals surface area contributed by atoms with Crippen molar-refractivity contribution in [2.75, 3.05) is 6.54 Å². The molecule has 1 unspecified atom stereocenters. The Morgan fingerprint density at radius 2 is 1.74 bits per heavy atom. The fourth-order valence-electron chi connectivity index (χ4n) is 4.60. The lowest BCUT2D eigenvalue weighted by molar-refractivity contribution is -0.137. The fraction of sp³-hybridized carbons (Fsp3) is 0.448. The Morgan fingerprint density at radius 3 is 2.28 bits per heavy atom. The van der Waals surface area contributed by atoms with Gasteiger partial charge in [-0.15, -0.1) is 0 Å². The number of Topliss-reactive ketones (excluding diaryl/α,β-unsaturated/α-hetero) is 1. The molecule has 1 aromatic carbocycles. The molecule has 10 nitrogen and oxygen atoms in total. The van der Waals surface area contributed by atoms with E-state index in [0.29, 0.717) is 24.1 Å². The number of rotatable bonds is 13. The van der Waals surface area contributed by atoms with Crippen LogP contribution in [0.1, 0.15) is 52.5 Å². The standard InChI is InChI=1S/C29H36F3N5O5S/c1-5-6-9-23(24(38)18-34-43(41,42)26-10-7-8-16-33-26)37(27(39)40)25(28(2,3)4)19-36-17-15-22(35-36)20-11-13-21(14-12-20)29(30,31)32/h7-8,10-17,23,25,34H,5-6,9,18-19H2,1-4H3,(H,39,40)/t23-,25?/m0/s1. The minimum atomic E-state index is -4.47. The van der Waals surface area contributed by atoms with Gasteiger partial charge in [0, 0.05) is 18.0 Å². The first-order valence-electron chi connectivity index (χ1n) is 13.7. The molecule has 2 aromatic heterocycles. The zero-order valence-corrected chi connectivity index (χ0v) is 25.2. The molecular weight excluding hydrogens is 587 g/mol. The number of ketones is 1. The number of nitrogens with one attached hydrogen (secondary N) is 1. The minimum absolute atomic E-state index is 0.0337. The second kappa shape index (κ2) is 13.7. The molecule has 0 spiro atoms. The van der Waals surface area contributed by atoms with Crippen molar-refractivity contribution in [3.05, 3.63) is 66.5 Å². The lowest BCUT2D eigenvalue weighted by atomic mass is 9.84. The highest BCUT2D eigenvalue weighted by molar-refractivity contribution is 7.89. The minimum Gasteiger partial charge on any atom is -0.465 e. The summed E-state index contributed by atoms with van der Waals surface area (Å²) in [6.07, 6.45) is -1.56. The van der Waals surface area contributed by atoms with Crippen molar-refractivity contribution in [2.24, 2.45) is 5.41 Å². The van der Waals surface area contributed by atoms with Gasteiger partial charge in [0.1, 0.15) is 0 Å². The summed E-state index contributed by atoms with van der Waals surface area (Å²) < 4.78 is 68.0. The number of carbonyl (C=O) groups excluding carboxylic acids is 1. The summed E-state index contributed by atoms with van der Waals surface area (Å²) in [6, 6.07) is 8.54. The molecule has 0 saturated carbocycles. The summed E-state index contributed by atoms with van der Waals surface area (Å²) in [4.78, 5) is 31.1. The number of pyridine rings is 1. The lowest BCUT2D eigenvalue weighted by Crippen LogP contribution is -2.57. The Balaban J connectivity index is 1.88. The third-order valence-corrected chi connectivity index (χ3v) is 8.27. The van der Waals surface area contributed by atoms with Gasteiger partial charge in [0.05, 0.1) is 36.4 Å². The van der Waals surface area contributed by atoms with Gasteiger partial charge in [-0.1, -0.05) is 58.7 Å². The molecular formula is C29H36F3N5O5S. The molecule has 0 aliphatic heterocycles. The van der Waals surface area contributed by atoms with E-state index in [0.717, 1.165) is 17.0 Å². The van der Waals surface area contributed by atoms with Gasteiger partial charge in [0.2, 0.25) is 0 Å². The van der Waals surface area contributed by atoms with Crippen LogP contribution >= 0.6 is 0 Å². The molecule has 2 N–H and O–H groups in total. The summed E-state index contributed by atoms with van der Waals surface area (Å²) in [7, 11) is -4.11. The number of sulfonamides is 1. The van der Waals surface area contributed by atoms with Gasteiger partial charge in [0.25, 0.3) is 10.0 Å². The van der Waals surface area contributed by atoms with Crippen LogP contribution in [0.25, 0.3) is 11.3 Å². The average Bonchev–Trinajstić information content (AvgIpc) is 3.41.